The first-order valence-electron chi connectivity index (χ1n) is 5.00. The van der Waals surface area contributed by atoms with Crippen molar-refractivity contribution in [2.75, 3.05) is 0 Å². The van der Waals surface area contributed by atoms with Crippen molar-refractivity contribution in [1.29, 1.82) is 0 Å². The van der Waals surface area contributed by atoms with Gasteiger partial charge in [0.2, 0.25) is 0 Å². The molecule has 0 saturated heterocycles. The molecular weight excluding hydrogens is 160 g/mol. The van der Waals surface area contributed by atoms with E-state index in [1.807, 2.05) is 6.08 Å². The van der Waals surface area contributed by atoms with Gasteiger partial charge in [0.1, 0.15) is 6.29 Å². The standard InChI is InChI=1S/C12H20O/c1-5-12(4)7-10(8-13)6-11(2,3)9-12/h5,8,10H,1,6-7,9H2,2-4H3. The first-order valence-corrected chi connectivity index (χ1v) is 5.00. The highest BCUT2D eigenvalue weighted by Gasteiger charge is 2.39. The zero-order valence-electron chi connectivity index (χ0n) is 8.97. The molecule has 13 heavy (non-hydrogen) atoms. The van der Waals surface area contributed by atoms with E-state index in [1.54, 1.807) is 0 Å². The van der Waals surface area contributed by atoms with Gasteiger partial charge in [-0.25, -0.2) is 0 Å². The summed E-state index contributed by atoms with van der Waals surface area (Å²) in [5, 5.41) is 0. The molecule has 1 nitrogen and oxygen atoms in total. The number of rotatable bonds is 2. The molecule has 0 amide bonds. The normalized spacial score (nSPS) is 38.2. The van der Waals surface area contributed by atoms with E-state index in [-0.39, 0.29) is 16.7 Å². The highest BCUT2D eigenvalue weighted by Crippen LogP contribution is 2.48. The second-order valence-electron chi connectivity index (χ2n) is 5.50. The van der Waals surface area contributed by atoms with Crippen LogP contribution in [0.25, 0.3) is 0 Å². The van der Waals surface area contributed by atoms with Crippen molar-refractivity contribution in [2.24, 2.45) is 16.7 Å². The highest BCUT2D eigenvalue weighted by molar-refractivity contribution is 5.54. The molecule has 74 valence electrons. The Labute approximate surface area is 81.2 Å². The van der Waals surface area contributed by atoms with E-state index in [9.17, 15) is 4.79 Å². The number of aldehydes is 1. The molecule has 0 N–H and O–H groups in total. The van der Waals surface area contributed by atoms with E-state index >= 15 is 0 Å². The molecule has 1 aliphatic carbocycles. The van der Waals surface area contributed by atoms with Crippen LogP contribution in [0.1, 0.15) is 40.0 Å². The monoisotopic (exact) mass is 180 g/mol. The Balaban J connectivity index is 2.82. The van der Waals surface area contributed by atoms with Gasteiger partial charge < -0.3 is 4.79 Å². The van der Waals surface area contributed by atoms with Crippen LogP contribution in [0.3, 0.4) is 0 Å². The summed E-state index contributed by atoms with van der Waals surface area (Å²) in [6.45, 7) is 10.6. The fourth-order valence-corrected chi connectivity index (χ4v) is 2.87. The lowest BCUT2D eigenvalue weighted by atomic mass is 9.61. The Morgan fingerprint density at radius 2 is 1.92 bits per heavy atom. The van der Waals surface area contributed by atoms with Gasteiger partial charge in [-0.15, -0.1) is 6.58 Å². The smallest absolute Gasteiger partial charge is 0.123 e. The van der Waals surface area contributed by atoms with Crippen LogP contribution in [0.2, 0.25) is 0 Å². The van der Waals surface area contributed by atoms with Crippen molar-refractivity contribution in [1.82, 2.24) is 0 Å². The topological polar surface area (TPSA) is 17.1 Å². The van der Waals surface area contributed by atoms with Gasteiger partial charge in [0, 0.05) is 5.92 Å². The first kappa shape index (κ1) is 10.5. The maximum absolute atomic E-state index is 10.8. The molecule has 2 unspecified atom stereocenters. The summed E-state index contributed by atoms with van der Waals surface area (Å²) in [5.41, 5.74) is 0.445. The predicted octanol–water partition coefficient (Wildman–Crippen LogP) is 3.20. The van der Waals surface area contributed by atoms with E-state index in [2.05, 4.69) is 27.4 Å². The Hall–Kier alpha value is -0.590. The van der Waals surface area contributed by atoms with Crippen molar-refractivity contribution in [3.05, 3.63) is 12.7 Å². The lowest BCUT2D eigenvalue weighted by molar-refractivity contribution is -0.114. The zero-order valence-corrected chi connectivity index (χ0v) is 8.97. The minimum atomic E-state index is 0.160. The highest BCUT2D eigenvalue weighted by atomic mass is 16.1. The fraction of sp³-hybridized carbons (Fsp3) is 0.750. The Morgan fingerprint density at radius 1 is 1.31 bits per heavy atom. The molecule has 1 aliphatic rings. The number of allylic oxidation sites excluding steroid dienone is 1. The second kappa shape index (κ2) is 3.28. The molecule has 1 saturated carbocycles. The minimum Gasteiger partial charge on any atom is -0.303 e. The van der Waals surface area contributed by atoms with Gasteiger partial charge in [-0.1, -0.05) is 26.8 Å². The van der Waals surface area contributed by atoms with E-state index in [4.69, 9.17) is 0 Å². The van der Waals surface area contributed by atoms with Crippen LogP contribution in [0.4, 0.5) is 0 Å². The number of hydrogen-bond donors (Lipinski definition) is 0. The summed E-state index contributed by atoms with van der Waals surface area (Å²) in [6.07, 6.45) is 6.28. The average Bonchev–Trinajstić information content (AvgIpc) is 2.01. The molecule has 0 spiro atoms. The van der Waals surface area contributed by atoms with Gasteiger partial charge in [-0.2, -0.15) is 0 Å². The lowest BCUT2D eigenvalue weighted by Gasteiger charge is -2.43. The quantitative estimate of drug-likeness (QED) is 0.471. The number of carbonyl (C=O) groups is 1. The molecule has 0 radical (unpaired) electrons. The van der Waals surface area contributed by atoms with Crippen LogP contribution in [0.5, 0.6) is 0 Å². The minimum absolute atomic E-state index is 0.160. The van der Waals surface area contributed by atoms with Crippen LogP contribution in [0.15, 0.2) is 12.7 Å². The Kier molecular flexibility index (Phi) is 2.65. The SMILES string of the molecule is C=CC1(C)CC(C=O)CC(C)(C)C1. The predicted molar refractivity (Wildman–Crippen MR) is 55.5 cm³/mol. The number of carbonyl (C=O) groups excluding carboxylic acids is 1. The third-order valence-electron chi connectivity index (χ3n) is 3.11. The summed E-state index contributed by atoms with van der Waals surface area (Å²) < 4.78 is 0. The zero-order chi connectivity index (χ0) is 10.1. The molecule has 0 heterocycles. The van der Waals surface area contributed by atoms with Gasteiger partial charge in [-0.05, 0) is 30.1 Å². The number of hydrogen-bond acceptors (Lipinski definition) is 1. The molecule has 0 aromatic rings. The van der Waals surface area contributed by atoms with Crippen molar-refractivity contribution >= 4 is 6.29 Å². The van der Waals surface area contributed by atoms with Crippen LogP contribution >= 0.6 is 0 Å². The van der Waals surface area contributed by atoms with Crippen molar-refractivity contribution in [3.63, 3.8) is 0 Å². The molecule has 1 heteroatoms. The van der Waals surface area contributed by atoms with Crippen LogP contribution in [-0.4, -0.2) is 6.29 Å². The maximum atomic E-state index is 10.8. The lowest BCUT2D eigenvalue weighted by Crippen LogP contribution is -2.34. The molecule has 0 aliphatic heterocycles. The van der Waals surface area contributed by atoms with Crippen molar-refractivity contribution in [3.8, 4) is 0 Å². The average molecular weight is 180 g/mol. The Bertz CT molecular complexity index is 217. The first-order chi connectivity index (χ1) is 5.91. The molecule has 1 rings (SSSR count). The van der Waals surface area contributed by atoms with Gasteiger partial charge in [-0.3, -0.25) is 0 Å². The van der Waals surface area contributed by atoms with Gasteiger partial charge in [0.05, 0.1) is 0 Å². The fourth-order valence-electron chi connectivity index (χ4n) is 2.87. The molecule has 0 aromatic heterocycles. The van der Waals surface area contributed by atoms with Gasteiger partial charge >= 0.3 is 0 Å². The van der Waals surface area contributed by atoms with E-state index < -0.39 is 0 Å². The van der Waals surface area contributed by atoms with E-state index in [1.165, 1.54) is 0 Å². The summed E-state index contributed by atoms with van der Waals surface area (Å²) in [4.78, 5) is 10.8. The van der Waals surface area contributed by atoms with Gasteiger partial charge in [0.25, 0.3) is 0 Å². The third kappa shape index (κ3) is 2.43. The second-order valence-corrected chi connectivity index (χ2v) is 5.50. The molecule has 0 aromatic carbocycles. The van der Waals surface area contributed by atoms with E-state index in [0.717, 1.165) is 25.5 Å². The molecular formula is C12H20O. The summed E-state index contributed by atoms with van der Waals surface area (Å²) >= 11 is 0. The maximum Gasteiger partial charge on any atom is 0.123 e. The molecule has 1 fully saturated rings. The summed E-state index contributed by atoms with van der Waals surface area (Å²) in [7, 11) is 0. The van der Waals surface area contributed by atoms with Crippen LogP contribution < -0.4 is 0 Å². The third-order valence-corrected chi connectivity index (χ3v) is 3.11. The summed E-state index contributed by atoms with van der Waals surface area (Å²) in [5.74, 6) is 0.228. The largest absolute Gasteiger partial charge is 0.303 e. The van der Waals surface area contributed by atoms with Crippen LogP contribution in [-0.2, 0) is 4.79 Å². The summed E-state index contributed by atoms with van der Waals surface area (Å²) in [6, 6.07) is 0. The van der Waals surface area contributed by atoms with Crippen LogP contribution in [0, 0.1) is 16.7 Å². The van der Waals surface area contributed by atoms with E-state index in [0.29, 0.717) is 0 Å². The molecule has 2 atom stereocenters. The Morgan fingerprint density at radius 3 is 2.38 bits per heavy atom. The van der Waals surface area contributed by atoms with Crippen molar-refractivity contribution < 1.29 is 4.79 Å². The molecule has 0 bridgehead atoms. The van der Waals surface area contributed by atoms with Gasteiger partial charge in [0.15, 0.2) is 0 Å². The van der Waals surface area contributed by atoms with Crippen molar-refractivity contribution in [2.45, 2.75) is 40.0 Å².